The van der Waals surface area contributed by atoms with Gasteiger partial charge in [-0.15, -0.1) is 0 Å². The molecule has 2 saturated heterocycles. The fraction of sp³-hybridized carbons (Fsp3) is 0.857. The molecule has 2 bridgehead atoms. The molecular weight excluding hydrogens is 196 g/mol. The molecule has 1 aliphatic carbocycles. The molecular formula is C14H24N2. The number of piperidine rings is 1. The summed E-state index contributed by atoms with van der Waals surface area (Å²) in [4.78, 5) is 2.87. The monoisotopic (exact) mass is 220 g/mol. The first-order valence-electron chi connectivity index (χ1n) is 7.04. The van der Waals surface area contributed by atoms with Gasteiger partial charge < -0.3 is 5.32 Å². The molecule has 0 radical (unpaired) electrons. The normalized spacial score (nSPS) is 39.7. The second kappa shape index (κ2) is 4.50. The summed E-state index contributed by atoms with van der Waals surface area (Å²) in [6.45, 7) is 3.37. The minimum atomic E-state index is 0.799. The number of nitrogens with zero attached hydrogens (tertiary/aromatic N) is 1. The van der Waals surface area contributed by atoms with Crippen LogP contribution < -0.4 is 5.32 Å². The zero-order valence-electron chi connectivity index (χ0n) is 10.4. The van der Waals surface area contributed by atoms with Gasteiger partial charge >= 0.3 is 0 Å². The maximum atomic E-state index is 3.65. The van der Waals surface area contributed by atoms with E-state index in [1.54, 1.807) is 0 Å². The van der Waals surface area contributed by atoms with E-state index < -0.39 is 0 Å². The standard InChI is InChI=1S/C14H24N2/c1-2-15-11-9-13-7-8-14(10-11)16(13)12-5-3-4-6-12/h3-4,11-15H,2,5-10H2,1H3. The smallest absolute Gasteiger partial charge is 0.0170 e. The summed E-state index contributed by atoms with van der Waals surface area (Å²) in [5.74, 6) is 0. The number of fused-ring (bicyclic) bond motifs is 2. The van der Waals surface area contributed by atoms with Crippen LogP contribution in [0.4, 0.5) is 0 Å². The van der Waals surface area contributed by atoms with Crippen molar-refractivity contribution in [2.45, 2.75) is 69.6 Å². The van der Waals surface area contributed by atoms with Gasteiger partial charge in [0.05, 0.1) is 0 Å². The molecule has 2 fully saturated rings. The lowest BCUT2D eigenvalue weighted by Gasteiger charge is -2.42. The van der Waals surface area contributed by atoms with E-state index in [9.17, 15) is 0 Å². The first-order chi connectivity index (χ1) is 7.88. The van der Waals surface area contributed by atoms with Crippen LogP contribution >= 0.6 is 0 Å². The Balaban J connectivity index is 1.65. The molecule has 2 unspecified atom stereocenters. The van der Waals surface area contributed by atoms with Crippen molar-refractivity contribution in [3.05, 3.63) is 12.2 Å². The van der Waals surface area contributed by atoms with Gasteiger partial charge in [0, 0.05) is 24.2 Å². The Morgan fingerprint density at radius 2 is 1.69 bits per heavy atom. The molecule has 90 valence electrons. The lowest BCUT2D eigenvalue weighted by Crippen LogP contribution is -2.52. The highest BCUT2D eigenvalue weighted by atomic mass is 15.3. The van der Waals surface area contributed by atoms with Gasteiger partial charge in [0.1, 0.15) is 0 Å². The summed E-state index contributed by atoms with van der Waals surface area (Å²) in [7, 11) is 0. The average molecular weight is 220 g/mol. The van der Waals surface area contributed by atoms with Crippen LogP contribution in [0.1, 0.15) is 45.4 Å². The minimum absolute atomic E-state index is 0.799. The topological polar surface area (TPSA) is 15.3 Å². The molecule has 2 aliphatic heterocycles. The third-order valence-electron chi connectivity index (χ3n) is 4.69. The summed E-state index contributed by atoms with van der Waals surface area (Å²) in [6, 6.07) is 3.41. The first kappa shape index (κ1) is 10.8. The fourth-order valence-corrected chi connectivity index (χ4v) is 4.11. The lowest BCUT2D eigenvalue weighted by atomic mass is 9.94. The second-order valence-electron chi connectivity index (χ2n) is 5.65. The van der Waals surface area contributed by atoms with Gasteiger partial charge in [-0.1, -0.05) is 19.1 Å². The molecule has 0 aromatic carbocycles. The Labute approximate surface area is 99.1 Å². The van der Waals surface area contributed by atoms with E-state index in [0.29, 0.717) is 0 Å². The third kappa shape index (κ3) is 1.82. The van der Waals surface area contributed by atoms with Gasteiger partial charge in [0.25, 0.3) is 0 Å². The van der Waals surface area contributed by atoms with Crippen LogP contribution in [0.5, 0.6) is 0 Å². The Morgan fingerprint density at radius 1 is 1.06 bits per heavy atom. The zero-order valence-corrected chi connectivity index (χ0v) is 10.4. The molecule has 0 amide bonds. The maximum absolute atomic E-state index is 3.65. The van der Waals surface area contributed by atoms with Gasteiger partial charge in [0.15, 0.2) is 0 Å². The summed E-state index contributed by atoms with van der Waals surface area (Å²) in [5.41, 5.74) is 0. The van der Waals surface area contributed by atoms with Gasteiger partial charge in [-0.2, -0.15) is 0 Å². The third-order valence-corrected chi connectivity index (χ3v) is 4.69. The highest BCUT2D eigenvalue weighted by molar-refractivity contribution is 5.06. The van der Waals surface area contributed by atoms with Gasteiger partial charge in [-0.25, -0.2) is 0 Å². The Bertz CT molecular complexity index is 252. The lowest BCUT2D eigenvalue weighted by molar-refractivity contribution is 0.0752. The van der Waals surface area contributed by atoms with Crippen molar-refractivity contribution in [2.24, 2.45) is 0 Å². The Hall–Kier alpha value is -0.340. The van der Waals surface area contributed by atoms with Gasteiger partial charge in [0.2, 0.25) is 0 Å². The van der Waals surface area contributed by atoms with Crippen LogP contribution in [-0.2, 0) is 0 Å². The van der Waals surface area contributed by atoms with Crippen molar-refractivity contribution in [3.63, 3.8) is 0 Å². The van der Waals surface area contributed by atoms with Gasteiger partial charge in [-0.05, 0) is 45.1 Å². The summed E-state index contributed by atoms with van der Waals surface area (Å²) >= 11 is 0. The summed E-state index contributed by atoms with van der Waals surface area (Å²) in [5, 5.41) is 3.65. The summed E-state index contributed by atoms with van der Waals surface area (Å²) < 4.78 is 0. The quantitative estimate of drug-likeness (QED) is 0.734. The number of rotatable bonds is 3. The van der Waals surface area contributed by atoms with E-state index in [2.05, 4.69) is 29.3 Å². The SMILES string of the molecule is CCNC1CC2CCC(C1)N2C1CC=CC1. The van der Waals surface area contributed by atoms with E-state index in [-0.39, 0.29) is 0 Å². The largest absolute Gasteiger partial charge is 0.314 e. The molecule has 3 rings (SSSR count). The molecule has 3 aliphatic rings. The van der Waals surface area contributed by atoms with Crippen molar-refractivity contribution in [2.75, 3.05) is 6.54 Å². The molecule has 16 heavy (non-hydrogen) atoms. The van der Waals surface area contributed by atoms with E-state index >= 15 is 0 Å². The first-order valence-corrected chi connectivity index (χ1v) is 7.04. The van der Waals surface area contributed by atoms with E-state index in [4.69, 9.17) is 0 Å². The van der Waals surface area contributed by atoms with E-state index in [0.717, 1.165) is 30.7 Å². The van der Waals surface area contributed by atoms with Crippen LogP contribution in [0.3, 0.4) is 0 Å². The second-order valence-corrected chi connectivity index (χ2v) is 5.65. The predicted molar refractivity (Wildman–Crippen MR) is 67.5 cm³/mol. The van der Waals surface area contributed by atoms with Crippen molar-refractivity contribution in [1.82, 2.24) is 10.2 Å². The van der Waals surface area contributed by atoms with Crippen LogP contribution in [0.25, 0.3) is 0 Å². The minimum Gasteiger partial charge on any atom is -0.314 e. The molecule has 0 spiro atoms. The molecule has 2 heterocycles. The molecule has 2 nitrogen and oxygen atoms in total. The number of hydrogen-bond acceptors (Lipinski definition) is 2. The highest BCUT2D eigenvalue weighted by Gasteiger charge is 2.43. The molecule has 2 atom stereocenters. The average Bonchev–Trinajstić information content (AvgIpc) is 2.85. The van der Waals surface area contributed by atoms with Crippen molar-refractivity contribution in [3.8, 4) is 0 Å². The van der Waals surface area contributed by atoms with Gasteiger partial charge in [-0.3, -0.25) is 4.90 Å². The Morgan fingerprint density at radius 3 is 2.25 bits per heavy atom. The predicted octanol–water partition coefficient (Wildman–Crippen LogP) is 2.31. The van der Waals surface area contributed by atoms with Crippen molar-refractivity contribution >= 4 is 0 Å². The number of hydrogen-bond donors (Lipinski definition) is 1. The molecule has 1 N–H and O–H groups in total. The van der Waals surface area contributed by atoms with Crippen molar-refractivity contribution in [1.29, 1.82) is 0 Å². The fourth-order valence-electron chi connectivity index (χ4n) is 4.11. The zero-order chi connectivity index (χ0) is 11.0. The molecule has 0 aromatic rings. The number of nitrogens with one attached hydrogen (secondary N) is 1. The van der Waals surface area contributed by atoms with E-state index in [1.165, 1.54) is 38.5 Å². The van der Waals surface area contributed by atoms with Crippen LogP contribution in [0.15, 0.2) is 12.2 Å². The van der Waals surface area contributed by atoms with Crippen LogP contribution in [-0.4, -0.2) is 35.6 Å². The van der Waals surface area contributed by atoms with Crippen LogP contribution in [0, 0.1) is 0 Å². The van der Waals surface area contributed by atoms with Crippen molar-refractivity contribution < 1.29 is 0 Å². The van der Waals surface area contributed by atoms with Crippen LogP contribution in [0.2, 0.25) is 0 Å². The Kier molecular flexibility index (Phi) is 3.03. The molecule has 2 heteroatoms. The molecule has 0 saturated carbocycles. The summed E-state index contributed by atoms with van der Waals surface area (Å²) in [6.07, 6.45) is 13.0. The highest BCUT2D eigenvalue weighted by Crippen LogP contribution is 2.39. The van der Waals surface area contributed by atoms with E-state index in [1.807, 2.05) is 0 Å². The maximum Gasteiger partial charge on any atom is 0.0170 e. The molecule has 0 aromatic heterocycles.